The quantitative estimate of drug-likeness (QED) is 0.176. The zero-order valence-corrected chi connectivity index (χ0v) is 25.6. The van der Waals surface area contributed by atoms with Crippen LogP contribution >= 0.6 is 0 Å². The fraction of sp³-hybridized carbons (Fsp3) is 0. The third-order valence-electron chi connectivity index (χ3n) is 9.54. The van der Waals surface area contributed by atoms with Crippen LogP contribution in [0.25, 0.3) is 87.6 Å². The van der Waals surface area contributed by atoms with E-state index in [0.29, 0.717) is 0 Å². The molecule has 9 rings (SSSR count). The van der Waals surface area contributed by atoms with E-state index in [0.717, 1.165) is 16.7 Å². The topological polar surface area (TPSA) is 0 Å². The molecule has 0 saturated carbocycles. The number of fused-ring (bicyclic) bond motifs is 4. The van der Waals surface area contributed by atoms with Crippen LogP contribution in [0.3, 0.4) is 0 Å². The summed E-state index contributed by atoms with van der Waals surface area (Å²) < 4.78 is 14.0. The van der Waals surface area contributed by atoms with Gasteiger partial charge in [0, 0.05) is 0 Å². The molecule has 0 aliphatic carbocycles. The maximum atomic E-state index is 14.0. The highest BCUT2D eigenvalue weighted by Crippen LogP contribution is 2.48. The fourth-order valence-corrected chi connectivity index (χ4v) is 7.43. The molecule has 0 unspecified atom stereocenters. The maximum absolute atomic E-state index is 14.0. The van der Waals surface area contributed by atoms with Crippen molar-refractivity contribution in [2.45, 2.75) is 0 Å². The summed E-state index contributed by atoms with van der Waals surface area (Å²) in [6.07, 6.45) is 0. The van der Waals surface area contributed by atoms with Crippen LogP contribution in [0, 0.1) is 5.82 Å². The molecule has 9 aromatic rings. The van der Waals surface area contributed by atoms with Gasteiger partial charge in [0.15, 0.2) is 0 Å². The second kappa shape index (κ2) is 11.1. The van der Waals surface area contributed by atoms with E-state index in [1.807, 2.05) is 12.1 Å². The Hall–Kier alpha value is -6.05. The Balaban J connectivity index is 1.44. The van der Waals surface area contributed by atoms with E-state index in [1.54, 1.807) is 12.1 Å². The van der Waals surface area contributed by atoms with E-state index in [9.17, 15) is 4.39 Å². The Morgan fingerprint density at radius 2 is 0.723 bits per heavy atom. The van der Waals surface area contributed by atoms with Gasteiger partial charge >= 0.3 is 0 Å². The van der Waals surface area contributed by atoms with Crippen LogP contribution in [0.1, 0.15) is 0 Å². The minimum absolute atomic E-state index is 0.234. The minimum atomic E-state index is -0.234. The van der Waals surface area contributed by atoms with E-state index in [2.05, 4.69) is 152 Å². The predicted molar refractivity (Wildman–Crippen MR) is 198 cm³/mol. The Morgan fingerprint density at radius 3 is 1.40 bits per heavy atom. The second-order valence-electron chi connectivity index (χ2n) is 12.2. The van der Waals surface area contributed by atoms with E-state index < -0.39 is 0 Å². The summed E-state index contributed by atoms with van der Waals surface area (Å²) in [5, 5.41) is 9.70. The Bertz CT molecular complexity index is 2620. The largest absolute Gasteiger partial charge is 0.207 e. The summed E-state index contributed by atoms with van der Waals surface area (Å²) in [6.45, 7) is 0. The van der Waals surface area contributed by atoms with Crippen molar-refractivity contribution in [1.29, 1.82) is 0 Å². The third kappa shape index (κ3) is 4.51. The molecule has 0 heterocycles. The van der Waals surface area contributed by atoms with Gasteiger partial charge in [-0.15, -0.1) is 0 Å². The molecule has 0 aromatic heterocycles. The molecular formula is C46H29F. The summed E-state index contributed by atoms with van der Waals surface area (Å²) >= 11 is 0. The lowest BCUT2D eigenvalue weighted by Gasteiger charge is -2.21. The summed E-state index contributed by atoms with van der Waals surface area (Å²) in [7, 11) is 0. The van der Waals surface area contributed by atoms with Crippen molar-refractivity contribution in [3.8, 4) is 44.5 Å². The van der Waals surface area contributed by atoms with Gasteiger partial charge in [0.1, 0.15) is 5.82 Å². The van der Waals surface area contributed by atoms with Gasteiger partial charge in [0.05, 0.1) is 0 Å². The van der Waals surface area contributed by atoms with E-state index in [-0.39, 0.29) is 5.82 Å². The lowest BCUT2D eigenvalue weighted by molar-refractivity contribution is 0.628. The Kier molecular flexibility index (Phi) is 6.43. The van der Waals surface area contributed by atoms with Crippen molar-refractivity contribution >= 4 is 43.1 Å². The number of rotatable bonds is 4. The van der Waals surface area contributed by atoms with Crippen LogP contribution < -0.4 is 0 Å². The molecule has 0 N–H and O–H groups in total. The molecule has 0 spiro atoms. The molecule has 1 heteroatoms. The van der Waals surface area contributed by atoms with Gasteiger partial charge in [0.25, 0.3) is 0 Å². The molecule has 0 bridgehead atoms. The monoisotopic (exact) mass is 600 g/mol. The molecule has 220 valence electrons. The average molecular weight is 601 g/mol. The van der Waals surface area contributed by atoms with E-state index in [1.165, 1.54) is 70.9 Å². The van der Waals surface area contributed by atoms with E-state index in [4.69, 9.17) is 0 Å². The summed E-state index contributed by atoms with van der Waals surface area (Å²) in [6, 6.07) is 61.6. The van der Waals surface area contributed by atoms with Gasteiger partial charge in [-0.3, -0.25) is 0 Å². The maximum Gasteiger partial charge on any atom is 0.123 e. The molecule has 0 aliphatic rings. The van der Waals surface area contributed by atoms with Gasteiger partial charge < -0.3 is 0 Å². The molecule has 0 nitrogen and oxygen atoms in total. The Morgan fingerprint density at radius 1 is 0.277 bits per heavy atom. The first-order valence-corrected chi connectivity index (χ1v) is 16.0. The molecule has 0 aliphatic heterocycles. The first kappa shape index (κ1) is 27.3. The highest BCUT2D eigenvalue weighted by Gasteiger charge is 2.20. The first-order valence-electron chi connectivity index (χ1n) is 16.0. The fourth-order valence-electron chi connectivity index (χ4n) is 7.43. The lowest BCUT2D eigenvalue weighted by Crippen LogP contribution is -1.94. The van der Waals surface area contributed by atoms with Crippen molar-refractivity contribution in [3.63, 3.8) is 0 Å². The molecule has 47 heavy (non-hydrogen) atoms. The molecule has 0 amide bonds. The smallest absolute Gasteiger partial charge is 0.123 e. The van der Waals surface area contributed by atoms with Crippen LogP contribution in [0.4, 0.5) is 4.39 Å². The SMILES string of the molecule is Fc1ccc(-c2ccccc2-c2c3ccccc3c(-c3cccc4ccccc34)c3cc(-c4cccc5ccccc45)ccc23)cc1. The van der Waals surface area contributed by atoms with Crippen molar-refractivity contribution in [2.24, 2.45) is 0 Å². The molecular weight excluding hydrogens is 572 g/mol. The summed E-state index contributed by atoms with van der Waals surface area (Å²) in [5.41, 5.74) is 9.24. The molecule has 0 fully saturated rings. The number of hydrogen-bond donors (Lipinski definition) is 0. The van der Waals surface area contributed by atoms with Crippen LogP contribution in [-0.4, -0.2) is 0 Å². The molecule has 0 radical (unpaired) electrons. The van der Waals surface area contributed by atoms with Gasteiger partial charge in [-0.25, -0.2) is 4.39 Å². The summed E-state index contributed by atoms with van der Waals surface area (Å²) in [4.78, 5) is 0. The minimum Gasteiger partial charge on any atom is -0.207 e. The highest BCUT2D eigenvalue weighted by molar-refractivity contribution is 6.25. The summed E-state index contributed by atoms with van der Waals surface area (Å²) in [5.74, 6) is -0.234. The van der Waals surface area contributed by atoms with Crippen molar-refractivity contribution < 1.29 is 4.39 Å². The van der Waals surface area contributed by atoms with E-state index >= 15 is 0 Å². The zero-order chi connectivity index (χ0) is 31.3. The van der Waals surface area contributed by atoms with Crippen molar-refractivity contribution in [3.05, 3.63) is 182 Å². The number of benzene rings is 9. The van der Waals surface area contributed by atoms with Crippen LogP contribution in [0.5, 0.6) is 0 Å². The van der Waals surface area contributed by atoms with Gasteiger partial charge in [0.2, 0.25) is 0 Å². The average Bonchev–Trinajstić information content (AvgIpc) is 3.13. The third-order valence-corrected chi connectivity index (χ3v) is 9.54. The standard InChI is InChI=1S/C46H29F/c47-34-26-23-32(24-27-34)37-17-5-6-18-39(37)45-41-19-7-8-20-42(41)46(40-22-10-14-31-12-2-4-16-36(31)40)44-29-33(25-28-43(44)45)38-21-9-13-30-11-1-3-15-35(30)38/h1-29H. The molecule has 9 aromatic carbocycles. The molecule has 0 saturated heterocycles. The first-order chi connectivity index (χ1) is 23.2. The van der Waals surface area contributed by atoms with Gasteiger partial charge in [-0.05, 0) is 106 Å². The van der Waals surface area contributed by atoms with Crippen molar-refractivity contribution in [2.75, 3.05) is 0 Å². The van der Waals surface area contributed by atoms with Crippen LogP contribution in [-0.2, 0) is 0 Å². The predicted octanol–water partition coefficient (Wildman–Crippen LogP) is 13.1. The number of halogens is 1. The number of hydrogen-bond acceptors (Lipinski definition) is 0. The van der Waals surface area contributed by atoms with Gasteiger partial charge in [-0.2, -0.15) is 0 Å². The lowest BCUT2D eigenvalue weighted by atomic mass is 9.82. The Labute approximate surface area is 273 Å². The normalized spacial score (nSPS) is 11.5. The zero-order valence-electron chi connectivity index (χ0n) is 25.6. The second-order valence-corrected chi connectivity index (χ2v) is 12.2. The van der Waals surface area contributed by atoms with Gasteiger partial charge in [-0.1, -0.05) is 158 Å². The van der Waals surface area contributed by atoms with Crippen LogP contribution in [0.2, 0.25) is 0 Å². The molecule has 0 atom stereocenters. The van der Waals surface area contributed by atoms with Crippen molar-refractivity contribution in [1.82, 2.24) is 0 Å². The van der Waals surface area contributed by atoms with Crippen LogP contribution in [0.15, 0.2) is 176 Å². The highest BCUT2D eigenvalue weighted by atomic mass is 19.1.